The molecule has 0 heterocycles. The predicted octanol–water partition coefficient (Wildman–Crippen LogP) is 2.67. The Kier molecular flexibility index (Phi) is 3.57. The van der Waals surface area contributed by atoms with Gasteiger partial charge in [-0.05, 0) is 40.3 Å². The van der Waals surface area contributed by atoms with Crippen molar-refractivity contribution < 1.29 is 18.3 Å². The van der Waals surface area contributed by atoms with Crippen LogP contribution in [-0.4, -0.2) is 5.11 Å². The van der Waals surface area contributed by atoms with Crippen molar-refractivity contribution in [1.82, 2.24) is 0 Å². The van der Waals surface area contributed by atoms with Crippen LogP contribution in [0.15, 0.2) is 12.1 Å². The van der Waals surface area contributed by atoms with E-state index in [1.54, 1.807) is 22.6 Å². The molecule has 2 nitrogen and oxygen atoms in total. The Morgan fingerprint density at radius 1 is 1.40 bits per heavy atom. The lowest BCUT2D eigenvalue weighted by molar-refractivity contribution is -0.138. The highest BCUT2D eigenvalue weighted by Gasteiger charge is 2.36. The van der Waals surface area contributed by atoms with Crippen LogP contribution >= 0.6 is 22.6 Å². The van der Waals surface area contributed by atoms with Crippen molar-refractivity contribution in [2.75, 3.05) is 0 Å². The first-order valence-corrected chi connectivity index (χ1v) is 4.88. The average Bonchev–Trinajstić information content (AvgIpc) is 2.14. The number of rotatable bonds is 1. The van der Waals surface area contributed by atoms with Crippen LogP contribution in [0.4, 0.5) is 13.2 Å². The largest absolute Gasteiger partial charge is 0.418 e. The highest BCUT2D eigenvalue weighted by Crippen LogP contribution is 2.35. The average molecular weight is 327 g/mol. The Morgan fingerprint density at radius 3 is 2.40 bits per heavy atom. The van der Waals surface area contributed by atoms with Gasteiger partial charge in [0.05, 0.1) is 23.8 Å². The van der Waals surface area contributed by atoms with Crippen LogP contribution in [-0.2, 0) is 12.8 Å². The highest BCUT2D eigenvalue weighted by molar-refractivity contribution is 14.1. The summed E-state index contributed by atoms with van der Waals surface area (Å²) in [5, 5.41) is 17.4. The fraction of sp³-hybridized carbons (Fsp3) is 0.222. The number of nitriles is 1. The molecule has 0 saturated heterocycles. The zero-order chi connectivity index (χ0) is 11.6. The van der Waals surface area contributed by atoms with Gasteiger partial charge in [-0.25, -0.2) is 0 Å². The predicted molar refractivity (Wildman–Crippen MR) is 54.8 cm³/mol. The van der Waals surface area contributed by atoms with Gasteiger partial charge in [0, 0.05) is 3.57 Å². The van der Waals surface area contributed by atoms with Crippen LogP contribution in [0, 0.1) is 14.9 Å². The smallest absolute Gasteiger partial charge is 0.392 e. The number of aliphatic hydroxyl groups excluding tert-OH is 1. The maximum absolute atomic E-state index is 12.5. The summed E-state index contributed by atoms with van der Waals surface area (Å²) < 4.78 is 38.1. The minimum Gasteiger partial charge on any atom is -0.392 e. The van der Waals surface area contributed by atoms with Crippen LogP contribution < -0.4 is 0 Å². The Bertz CT molecular complexity index is 423. The molecule has 0 aliphatic heterocycles. The third kappa shape index (κ3) is 2.60. The van der Waals surface area contributed by atoms with Crippen molar-refractivity contribution >= 4 is 22.6 Å². The fourth-order valence-corrected chi connectivity index (χ4v) is 1.90. The number of nitrogens with zero attached hydrogens (tertiary/aromatic N) is 1. The van der Waals surface area contributed by atoms with E-state index in [1.807, 2.05) is 0 Å². The van der Waals surface area contributed by atoms with E-state index in [1.165, 1.54) is 12.1 Å². The summed E-state index contributed by atoms with van der Waals surface area (Å²) in [5.41, 5.74) is -1.78. The lowest BCUT2D eigenvalue weighted by Gasteiger charge is -2.13. The molecule has 0 spiro atoms. The molecule has 1 aromatic rings. The van der Waals surface area contributed by atoms with Crippen LogP contribution in [0.25, 0.3) is 0 Å². The zero-order valence-corrected chi connectivity index (χ0v) is 9.43. The van der Waals surface area contributed by atoms with Gasteiger partial charge in [-0.15, -0.1) is 0 Å². The molecule has 1 aromatic carbocycles. The molecule has 0 amide bonds. The quantitative estimate of drug-likeness (QED) is 0.806. The van der Waals surface area contributed by atoms with Crippen molar-refractivity contribution in [3.8, 4) is 6.07 Å². The Balaban J connectivity index is 3.53. The highest BCUT2D eigenvalue weighted by atomic mass is 127. The first-order chi connectivity index (χ1) is 6.90. The van der Waals surface area contributed by atoms with Gasteiger partial charge in [0.15, 0.2) is 0 Å². The maximum Gasteiger partial charge on any atom is 0.418 e. The first-order valence-electron chi connectivity index (χ1n) is 3.80. The normalized spacial score (nSPS) is 11.2. The van der Waals surface area contributed by atoms with Crippen LogP contribution in [0.3, 0.4) is 0 Å². The second-order valence-corrected chi connectivity index (χ2v) is 4.00. The summed E-state index contributed by atoms with van der Waals surface area (Å²) in [6.07, 6.45) is -4.62. The molecule has 0 atom stereocenters. The van der Waals surface area contributed by atoms with E-state index in [4.69, 9.17) is 10.4 Å². The van der Waals surface area contributed by atoms with E-state index in [0.29, 0.717) is 3.57 Å². The molecule has 0 aliphatic carbocycles. The molecule has 0 aliphatic rings. The molecule has 1 N–H and O–H groups in total. The molecule has 0 saturated carbocycles. The van der Waals surface area contributed by atoms with Crippen molar-refractivity contribution in [2.24, 2.45) is 0 Å². The van der Waals surface area contributed by atoms with E-state index >= 15 is 0 Å². The minimum absolute atomic E-state index is 0.272. The maximum atomic E-state index is 12.5. The Morgan fingerprint density at radius 2 is 2.00 bits per heavy atom. The van der Waals surface area contributed by atoms with E-state index < -0.39 is 23.9 Å². The number of hydrogen-bond donors (Lipinski definition) is 1. The van der Waals surface area contributed by atoms with Crippen LogP contribution in [0.5, 0.6) is 0 Å². The fourth-order valence-electron chi connectivity index (χ4n) is 1.21. The third-order valence-electron chi connectivity index (χ3n) is 1.76. The second kappa shape index (κ2) is 4.37. The molecule has 0 aromatic heterocycles. The Hall–Kier alpha value is -0.810. The monoisotopic (exact) mass is 327 g/mol. The number of halogens is 4. The van der Waals surface area contributed by atoms with E-state index in [-0.39, 0.29) is 5.56 Å². The van der Waals surface area contributed by atoms with Gasteiger partial charge in [0.1, 0.15) is 0 Å². The minimum atomic E-state index is -4.62. The van der Waals surface area contributed by atoms with Crippen molar-refractivity contribution in [3.05, 3.63) is 32.4 Å². The van der Waals surface area contributed by atoms with E-state index in [9.17, 15) is 13.2 Å². The van der Waals surface area contributed by atoms with Crippen molar-refractivity contribution in [1.29, 1.82) is 5.26 Å². The Labute approximate surface area is 97.5 Å². The van der Waals surface area contributed by atoms with Gasteiger partial charge in [-0.3, -0.25) is 0 Å². The van der Waals surface area contributed by atoms with Crippen LogP contribution in [0.1, 0.15) is 16.7 Å². The molecule has 0 unspecified atom stereocenters. The number of benzene rings is 1. The third-order valence-corrected chi connectivity index (χ3v) is 2.38. The van der Waals surface area contributed by atoms with Crippen LogP contribution in [0.2, 0.25) is 0 Å². The van der Waals surface area contributed by atoms with E-state index in [2.05, 4.69) is 0 Å². The van der Waals surface area contributed by atoms with Gasteiger partial charge < -0.3 is 5.11 Å². The molecular formula is C9H5F3INO. The number of aliphatic hydroxyl groups is 1. The summed E-state index contributed by atoms with van der Waals surface area (Å²) in [7, 11) is 0. The topological polar surface area (TPSA) is 44.0 Å². The SMILES string of the molecule is N#Cc1cc(I)cc(CO)c1C(F)(F)F. The number of hydrogen-bond acceptors (Lipinski definition) is 2. The molecular weight excluding hydrogens is 322 g/mol. The molecule has 6 heteroatoms. The molecule has 1 rings (SSSR count). The number of alkyl halides is 3. The second-order valence-electron chi connectivity index (χ2n) is 2.76. The first kappa shape index (κ1) is 12.3. The van der Waals surface area contributed by atoms with E-state index in [0.717, 1.165) is 6.07 Å². The molecule has 0 fully saturated rings. The standard InChI is InChI=1S/C9H5F3INO/c10-9(11,12)8-5(3-14)1-7(13)2-6(8)4-15/h1-2,15H,4H2. The summed E-state index contributed by atoms with van der Waals surface area (Å²) in [6, 6.07) is 3.84. The van der Waals surface area contributed by atoms with Crippen molar-refractivity contribution in [3.63, 3.8) is 0 Å². The molecule has 0 bridgehead atoms. The summed E-state index contributed by atoms with van der Waals surface area (Å²) in [4.78, 5) is 0. The summed E-state index contributed by atoms with van der Waals surface area (Å²) in [5.74, 6) is 0. The lowest BCUT2D eigenvalue weighted by atomic mass is 10.0. The summed E-state index contributed by atoms with van der Waals surface area (Å²) in [6.45, 7) is -0.736. The van der Waals surface area contributed by atoms with Gasteiger partial charge in [0.2, 0.25) is 0 Å². The molecule has 15 heavy (non-hydrogen) atoms. The molecule has 0 radical (unpaired) electrons. The van der Waals surface area contributed by atoms with Crippen molar-refractivity contribution in [2.45, 2.75) is 12.8 Å². The molecule has 80 valence electrons. The van der Waals surface area contributed by atoms with Gasteiger partial charge >= 0.3 is 6.18 Å². The summed E-state index contributed by atoms with van der Waals surface area (Å²) >= 11 is 1.79. The zero-order valence-electron chi connectivity index (χ0n) is 7.27. The van der Waals surface area contributed by atoms with Gasteiger partial charge in [-0.2, -0.15) is 18.4 Å². The van der Waals surface area contributed by atoms with Gasteiger partial charge in [0.25, 0.3) is 0 Å². The lowest BCUT2D eigenvalue weighted by Crippen LogP contribution is -2.12. The van der Waals surface area contributed by atoms with Gasteiger partial charge in [-0.1, -0.05) is 0 Å².